The monoisotopic (exact) mass is 322 g/mol. The van der Waals surface area contributed by atoms with E-state index in [-0.39, 0.29) is 0 Å². The third-order valence-electron chi connectivity index (χ3n) is 3.57. The van der Waals surface area contributed by atoms with Crippen molar-refractivity contribution in [2.45, 2.75) is 39.5 Å². The molecule has 4 heteroatoms. The van der Waals surface area contributed by atoms with Crippen LogP contribution in [0.3, 0.4) is 0 Å². The van der Waals surface area contributed by atoms with E-state index in [2.05, 4.69) is 47.6 Å². The first-order valence-electron chi connectivity index (χ1n) is 8.50. The van der Waals surface area contributed by atoms with Gasteiger partial charge in [-0.25, -0.2) is 0 Å². The predicted molar refractivity (Wildman–Crippen MR) is 102 cm³/mol. The van der Waals surface area contributed by atoms with Crippen LogP contribution in [-0.2, 0) is 0 Å². The number of aliphatic imine (C=N–C) groups is 2. The van der Waals surface area contributed by atoms with E-state index in [1.807, 2.05) is 48.8 Å². The van der Waals surface area contributed by atoms with E-state index in [1.165, 1.54) is 0 Å². The zero-order valence-corrected chi connectivity index (χ0v) is 15.0. The maximum Gasteiger partial charge on any atom is 0.0811 e. The van der Waals surface area contributed by atoms with E-state index in [0.29, 0.717) is 24.9 Å². The van der Waals surface area contributed by atoms with Crippen LogP contribution in [0.5, 0.6) is 0 Å². The third-order valence-corrected chi connectivity index (χ3v) is 3.57. The molecule has 2 heterocycles. The minimum atomic E-state index is 0.428. The predicted octanol–water partition coefficient (Wildman–Crippen LogP) is 4.26. The molecule has 4 nitrogen and oxygen atoms in total. The Morgan fingerprint density at radius 2 is 1.17 bits per heavy atom. The Kier molecular flexibility index (Phi) is 6.79. The average Bonchev–Trinajstić information content (AvgIpc) is 2.58. The zero-order chi connectivity index (χ0) is 17.4. The van der Waals surface area contributed by atoms with Gasteiger partial charge in [0.2, 0.25) is 0 Å². The number of rotatable bonds is 7. The van der Waals surface area contributed by atoms with Crippen molar-refractivity contribution in [1.29, 1.82) is 0 Å². The van der Waals surface area contributed by atoms with Crippen LogP contribution in [0.15, 0.2) is 46.4 Å². The lowest BCUT2D eigenvalue weighted by molar-refractivity contribution is 0.821. The Bertz CT molecular complexity index is 641. The molecule has 0 amide bonds. The van der Waals surface area contributed by atoms with Gasteiger partial charge < -0.3 is 0 Å². The molecule has 126 valence electrons. The molecule has 0 fully saturated rings. The summed E-state index contributed by atoms with van der Waals surface area (Å²) in [4.78, 5) is 17.9. The molecule has 0 spiro atoms. The minimum absolute atomic E-state index is 0.428. The van der Waals surface area contributed by atoms with Crippen LogP contribution >= 0.6 is 0 Å². The molecule has 2 rings (SSSR count). The molecular formula is C20H26N4. The summed E-state index contributed by atoms with van der Waals surface area (Å²) in [5.74, 6) is 0.856. The minimum Gasteiger partial charge on any atom is -0.289 e. The molecule has 0 aliphatic heterocycles. The fourth-order valence-electron chi connectivity index (χ4n) is 2.16. The van der Waals surface area contributed by atoms with Crippen LogP contribution in [-0.4, -0.2) is 35.5 Å². The summed E-state index contributed by atoms with van der Waals surface area (Å²) in [5, 5.41) is 0. The van der Waals surface area contributed by atoms with Crippen molar-refractivity contribution in [3.8, 4) is 0 Å². The highest BCUT2D eigenvalue weighted by Crippen LogP contribution is 2.11. The Labute approximate surface area is 144 Å². The molecule has 0 aromatic carbocycles. The third kappa shape index (κ3) is 5.69. The summed E-state index contributed by atoms with van der Waals surface area (Å²) in [7, 11) is 0. The first kappa shape index (κ1) is 18.0. The highest BCUT2D eigenvalue weighted by molar-refractivity contribution is 5.77. The molecule has 0 atom stereocenters. The molecule has 0 saturated carbocycles. The number of nitrogens with zero attached hydrogens (tertiary/aromatic N) is 4. The molecule has 2 aromatic heterocycles. The first-order valence-corrected chi connectivity index (χ1v) is 8.50. The lowest BCUT2D eigenvalue weighted by atomic mass is 10.1. The standard InChI is InChI=1S/C20H26N4/c1-15(2)19-9-5-7-17(23-19)13-21-11-12-22-14-18-8-6-10-20(24-18)16(3)4/h5-10,13-16H,11-12H2,1-4H3. The Morgan fingerprint density at radius 3 is 1.54 bits per heavy atom. The molecule has 0 aliphatic carbocycles. The second-order valence-electron chi connectivity index (χ2n) is 6.35. The van der Waals surface area contributed by atoms with Gasteiger partial charge in [0, 0.05) is 23.8 Å². The summed E-state index contributed by atoms with van der Waals surface area (Å²) in [6.45, 7) is 9.85. The van der Waals surface area contributed by atoms with E-state index >= 15 is 0 Å². The van der Waals surface area contributed by atoms with Gasteiger partial charge in [0.1, 0.15) is 0 Å². The molecule has 0 unspecified atom stereocenters. The van der Waals surface area contributed by atoms with Crippen molar-refractivity contribution >= 4 is 12.4 Å². The second kappa shape index (κ2) is 9.06. The van der Waals surface area contributed by atoms with E-state index in [9.17, 15) is 0 Å². The molecular weight excluding hydrogens is 296 g/mol. The van der Waals surface area contributed by atoms with Gasteiger partial charge in [-0.15, -0.1) is 0 Å². The fourth-order valence-corrected chi connectivity index (χ4v) is 2.16. The molecule has 0 radical (unpaired) electrons. The van der Waals surface area contributed by atoms with Gasteiger partial charge in [-0.1, -0.05) is 39.8 Å². The van der Waals surface area contributed by atoms with Crippen molar-refractivity contribution in [2.24, 2.45) is 9.98 Å². The molecule has 0 bridgehead atoms. The summed E-state index contributed by atoms with van der Waals surface area (Å²) >= 11 is 0. The molecule has 0 aliphatic rings. The molecule has 0 saturated heterocycles. The van der Waals surface area contributed by atoms with Gasteiger partial charge in [-0.3, -0.25) is 20.0 Å². The van der Waals surface area contributed by atoms with Crippen LogP contribution in [0.2, 0.25) is 0 Å². The van der Waals surface area contributed by atoms with Gasteiger partial charge in [0.25, 0.3) is 0 Å². The van der Waals surface area contributed by atoms with Crippen LogP contribution in [0.1, 0.15) is 62.3 Å². The van der Waals surface area contributed by atoms with Crippen molar-refractivity contribution in [1.82, 2.24) is 9.97 Å². The summed E-state index contributed by atoms with van der Waals surface area (Å²) in [6, 6.07) is 12.1. The van der Waals surface area contributed by atoms with E-state index in [0.717, 1.165) is 22.8 Å². The van der Waals surface area contributed by atoms with Crippen molar-refractivity contribution in [3.05, 3.63) is 59.2 Å². The normalized spacial score (nSPS) is 12.1. The largest absolute Gasteiger partial charge is 0.289 e. The molecule has 0 N–H and O–H groups in total. The SMILES string of the molecule is CC(C)c1cccc(C=NCCN=Cc2cccc(C(C)C)n2)n1. The van der Waals surface area contributed by atoms with Gasteiger partial charge in [-0.2, -0.15) is 0 Å². The van der Waals surface area contributed by atoms with Crippen molar-refractivity contribution in [2.75, 3.05) is 13.1 Å². The van der Waals surface area contributed by atoms with Crippen molar-refractivity contribution < 1.29 is 0 Å². The van der Waals surface area contributed by atoms with Crippen LogP contribution in [0.4, 0.5) is 0 Å². The maximum absolute atomic E-state index is 4.57. The zero-order valence-electron chi connectivity index (χ0n) is 15.0. The lowest BCUT2D eigenvalue weighted by Crippen LogP contribution is -1.98. The van der Waals surface area contributed by atoms with Crippen molar-refractivity contribution in [3.63, 3.8) is 0 Å². The highest BCUT2D eigenvalue weighted by Gasteiger charge is 2.01. The van der Waals surface area contributed by atoms with Crippen LogP contribution < -0.4 is 0 Å². The fraction of sp³-hybridized carbons (Fsp3) is 0.400. The highest BCUT2D eigenvalue weighted by atomic mass is 14.8. The summed E-state index contributed by atoms with van der Waals surface area (Å²) < 4.78 is 0. The molecule has 2 aromatic rings. The van der Waals surface area contributed by atoms with Crippen LogP contribution in [0.25, 0.3) is 0 Å². The van der Waals surface area contributed by atoms with Gasteiger partial charge >= 0.3 is 0 Å². The topological polar surface area (TPSA) is 50.5 Å². The second-order valence-corrected chi connectivity index (χ2v) is 6.35. The number of hydrogen-bond donors (Lipinski definition) is 0. The number of aromatic nitrogens is 2. The van der Waals surface area contributed by atoms with E-state index < -0.39 is 0 Å². The average molecular weight is 322 g/mol. The smallest absolute Gasteiger partial charge is 0.0811 e. The number of pyridine rings is 2. The van der Waals surface area contributed by atoms with Crippen LogP contribution in [0, 0.1) is 0 Å². The summed E-state index contributed by atoms with van der Waals surface area (Å²) in [5.41, 5.74) is 3.98. The first-order chi connectivity index (χ1) is 11.6. The summed E-state index contributed by atoms with van der Waals surface area (Å²) in [6.07, 6.45) is 3.64. The quantitative estimate of drug-likeness (QED) is 0.565. The van der Waals surface area contributed by atoms with Gasteiger partial charge in [0.05, 0.1) is 24.5 Å². The Morgan fingerprint density at radius 1 is 0.750 bits per heavy atom. The van der Waals surface area contributed by atoms with E-state index in [4.69, 9.17) is 0 Å². The van der Waals surface area contributed by atoms with E-state index in [1.54, 1.807) is 0 Å². The van der Waals surface area contributed by atoms with Gasteiger partial charge in [-0.05, 0) is 36.1 Å². The lowest BCUT2D eigenvalue weighted by Gasteiger charge is -2.04. The maximum atomic E-state index is 4.57. The molecule has 24 heavy (non-hydrogen) atoms. The Hall–Kier alpha value is -2.36. The van der Waals surface area contributed by atoms with Gasteiger partial charge in [0.15, 0.2) is 0 Å². The Balaban J connectivity index is 1.84. The number of hydrogen-bond acceptors (Lipinski definition) is 4.